The summed E-state index contributed by atoms with van der Waals surface area (Å²) < 4.78 is 0. The molecule has 0 aliphatic carbocycles. The number of rotatable bonds is 7. The number of aliphatic hydroxyl groups is 3. The molecular weight excluding hydrogens is 260 g/mol. The fourth-order valence-corrected chi connectivity index (χ4v) is 1.89. The third kappa shape index (κ3) is 4.45. The second-order valence-electron chi connectivity index (χ2n) is 4.82. The zero-order valence-corrected chi connectivity index (χ0v) is 11.3. The van der Waals surface area contributed by atoms with Gasteiger partial charge in [-0.05, 0) is 18.4 Å². The quantitative estimate of drug-likeness (QED) is 0.448. The number of carbonyl (C=O) groups is 1. The Morgan fingerprint density at radius 3 is 2.45 bits per heavy atom. The topological polar surface area (TPSA) is 98.0 Å². The molecule has 1 aromatic carbocycles. The molecule has 2 unspecified atom stereocenters. The van der Waals surface area contributed by atoms with Gasteiger partial charge < -0.3 is 20.4 Å². The molecular formula is C15H20O5. The van der Waals surface area contributed by atoms with E-state index in [-0.39, 0.29) is 0 Å². The molecule has 0 spiro atoms. The van der Waals surface area contributed by atoms with Gasteiger partial charge in [0, 0.05) is 12.0 Å². The zero-order valence-electron chi connectivity index (χ0n) is 11.3. The third-order valence-corrected chi connectivity index (χ3v) is 3.27. The van der Waals surface area contributed by atoms with E-state index in [1.807, 2.05) is 0 Å². The molecule has 1 rings (SSSR count). The van der Waals surface area contributed by atoms with Crippen LogP contribution in [0.5, 0.6) is 0 Å². The summed E-state index contributed by atoms with van der Waals surface area (Å²) in [5.41, 5.74) is 0.422. The normalized spacial score (nSPS) is 15.2. The number of carboxylic acids is 1. The van der Waals surface area contributed by atoms with E-state index in [4.69, 9.17) is 5.11 Å². The van der Waals surface area contributed by atoms with Crippen molar-refractivity contribution in [2.75, 3.05) is 0 Å². The van der Waals surface area contributed by atoms with Gasteiger partial charge >= 0.3 is 5.97 Å². The van der Waals surface area contributed by atoms with E-state index in [0.717, 1.165) is 6.08 Å². The molecule has 0 aliphatic heterocycles. The number of aliphatic carboxylic acids is 1. The van der Waals surface area contributed by atoms with Crippen LogP contribution in [-0.2, 0) is 4.79 Å². The van der Waals surface area contributed by atoms with Crippen LogP contribution in [0.2, 0.25) is 0 Å². The van der Waals surface area contributed by atoms with E-state index < -0.39 is 23.8 Å². The monoisotopic (exact) mass is 280 g/mol. The lowest BCUT2D eigenvalue weighted by Gasteiger charge is -2.33. The maximum atomic E-state index is 10.3. The van der Waals surface area contributed by atoms with Crippen LogP contribution in [0.4, 0.5) is 0 Å². The van der Waals surface area contributed by atoms with Crippen LogP contribution in [-0.4, -0.2) is 32.2 Å². The van der Waals surface area contributed by atoms with Gasteiger partial charge in [-0.15, -0.1) is 0 Å². The molecule has 5 heteroatoms. The van der Waals surface area contributed by atoms with Crippen molar-refractivity contribution in [3.05, 3.63) is 48.0 Å². The van der Waals surface area contributed by atoms with Gasteiger partial charge in [-0.2, -0.15) is 0 Å². The largest absolute Gasteiger partial charge is 0.478 e. The van der Waals surface area contributed by atoms with Crippen molar-refractivity contribution in [1.82, 2.24) is 0 Å². The summed E-state index contributed by atoms with van der Waals surface area (Å²) in [6.45, 7) is 1.60. The summed E-state index contributed by atoms with van der Waals surface area (Å²) in [5.74, 6) is -3.92. The van der Waals surface area contributed by atoms with E-state index >= 15 is 0 Å². The Morgan fingerprint density at radius 1 is 1.30 bits per heavy atom. The molecule has 4 N–H and O–H groups in total. The first-order valence-electron chi connectivity index (χ1n) is 6.43. The van der Waals surface area contributed by atoms with Crippen LogP contribution < -0.4 is 0 Å². The lowest BCUT2D eigenvalue weighted by Crippen LogP contribution is -2.42. The minimum absolute atomic E-state index is 0.348. The van der Waals surface area contributed by atoms with Crippen molar-refractivity contribution < 1.29 is 25.2 Å². The van der Waals surface area contributed by atoms with Crippen molar-refractivity contribution in [2.24, 2.45) is 5.92 Å². The molecule has 0 radical (unpaired) electrons. The highest BCUT2D eigenvalue weighted by molar-refractivity contribution is 5.79. The smallest absolute Gasteiger partial charge is 0.327 e. The predicted octanol–water partition coefficient (Wildman–Crippen LogP) is 1.46. The number of hydrogen-bond donors (Lipinski definition) is 4. The Labute approximate surface area is 117 Å². The lowest BCUT2D eigenvalue weighted by atomic mass is 9.88. The molecule has 0 bridgehead atoms. The fourth-order valence-electron chi connectivity index (χ4n) is 1.89. The van der Waals surface area contributed by atoms with Gasteiger partial charge in [-0.3, -0.25) is 0 Å². The van der Waals surface area contributed by atoms with E-state index in [1.54, 1.807) is 37.3 Å². The van der Waals surface area contributed by atoms with Crippen molar-refractivity contribution in [2.45, 2.75) is 31.7 Å². The van der Waals surface area contributed by atoms with Crippen LogP contribution in [0, 0.1) is 5.92 Å². The Morgan fingerprint density at radius 2 is 1.90 bits per heavy atom. The highest BCUT2D eigenvalue weighted by atomic mass is 16.5. The van der Waals surface area contributed by atoms with Crippen molar-refractivity contribution in [3.63, 3.8) is 0 Å². The maximum Gasteiger partial charge on any atom is 0.327 e. The van der Waals surface area contributed by atoms with E-state index in [2.05, 4.69) is 0 Å². The Bertz CT molecular complexity index is 453. The highest BCUT2D eigenvalue weighted by Gasteiger charge is 2.39. The summed E-state index contributed by atoms with van der Waals surface area (Å²) in [7, 11) is 0. The number of hydrogen-bond acceptors (Lipinski definition) is 4. The van der Waals surface area contributed by atoms with E-state index in [1.165, 1.54) is 6.08 Å². The Hall–Kier alpha value is -1.69. The molecule has 5 nitrogen and oxygen atoms in total. The molecule has 2 atom stereocenters. The van der Waals surface area contributed by atoms with Gasteiger partial charge in [0.2, 0.25) is 0 Å². The van der Waals surface area contributed by atoms with E-state index in [0.29, 0.717) is 18.4 Å². The number of carboxylic acid groups (broad SMARTS) is 1. The van der Waals surface area contributed by atoms with E-state index in [9.17, 15) is 20.1 Å². The van der Waals surface area contributed by atoms with Crippen molar-refractivity contribution in [3.8, 4) is 0 Å². The number of allylic oxidation sites excluding steroid dienone is 1. The van der Waals surface area contributed by atoms with Gasteiger partial charge in [-0.25, -0.2) is 4.79 Å². The molecule has 0 heterocycles. The summed E-state index contributed by atoms with van der Waals surface area (Å²) >= 11 is 0. The van der Waals surface area contributed by atoms with Gasteiger partial charge in [0.1, 0.15) is 6.10 Å². The van der Waals surface area contributed by atoms with Crippen LogP contribution in [0.25, 0.3) is 0 Å². The minimum atomic E-state index is -2.27. The van der Waals surface area contributed by atoms with Gasteiger partial charge in [0.05, 0.1) is 0 Å². The fraction of sp³-hybridized carbons (Fsp3) is 0.400. The maximum absolute atomic E-state index is 10.3. The van der Waals surface area contributed by atoms with Crippen LogP contribution >= 0.6 is 0 Å². The first-order valence-corrected chi connectivity index (χ1v) is 6.43. The van der Waals surface area contributed by atoms with Gasteiger partial charge in [0.25, 0.3) is 0 Å². The molecule has 20 heavy (non-hydrogen) atoms. The standard InChI is InChI=1S/C15H20O5/c1-11(7-5-6-10-13(16)17)15(19,20)14(18)12-8-3-2-4-9-12/h2-4,6,8-11,14,18-20H,5,7H2,1H3,(H,16,17)/b10-6+. The van der Waals surface area contributed by atoms with Crippen LogP contribution in [0.15, 0.2) is 42.5 Å². The molecule has 0 saturated carbocycles. The second kappa shape index (κ2) is 7.19. The first kappa shape index (κ1) is 16.4. The zero-order chi connectivity index (χ0) is 15.2. The first-order chi connectivity index (χ1) is 9.35. The van der Waals surface area contributed by atoms with Gasteiger partial charge in [0.15, 0.2) is 5.79 Å². The number of aliphatic hydroxyl groups excluding tert-OH is 1. The SMILES string of the molecule is CC(CC/C=C/C(=O)O)C(O)(O)C(O)c1ccccc1. The molecule has 0 fully saturated rings. The summed E-state index contributed by atoms with van der Waals surface area (Å²) in [5, 5.41) is 38.7. The second-order valence-corrected chi connectivity index (χ2v) is 4.82. The predicted molar refractivity (Wildman–Crippen MR) is 73.7 cm³/mol. The van der Waals surface area contributed by atoms with Crippen LogP contribution in [0.1, 0.15) is 31.4 Å². The average molecular weight is 280 g/mol. The summed E-state index contributed by atoms with van der Waals surface area (Å²) in [6, 6.07) is 8.41. The number of benzene rings is 1. The average Bonchev–Trinajstić information content (AvgIpc) is 2.43. The van der Waals surface area contributed by atoms with Crippen LogP contribution in [0.3, 0.4) is 0 Å². The molecule has 0 amide bonds. The Balaban J connectivity index is 2.65. The minimum Gasteiger partial charge on any atom is -0.478 e. The molecule has 0 saturated heterocycles. The molecule has 110 valence electrons. The summed E-state index contributed by atoms with van der Waals surface area (Å²) in [6.07, 6.45) is 1.78. The molecule has 0 aliphatic rings. The Kier molecular flexibility index (Phi) is 5.88. The highest BCUT2D eigenvalue weighted by Crippen LogP contribution is 2.32. The third-order valence-electron chi connectivity index (χ3n) is 3.27. The molecule has 1 aromatic rings. The van der Waals surface area contributed by atoms with Crippen molar-refractivity contribution in [1.29, 1.82) is 0 Å². The molecule has 0 aromatic heterocycles. The lowest BCUT2D eigenvalue weighted by molar-refractivity contribution is -0.257. The summed E-state index contributed by atoms with van der Waals surface area (Å²) in [4.78, 5) is 10.3. The van der Waals surface area contributed by atoms with Crippen molar-refractivity contribution >= 4 is 5.97 Å². The van der Waals surface area contributed by atoms with Gasteiger partial charge in [-0.1, -0.05) is 43.3 Å².